The highest BCUT2D eigenvalue weighted by molar-refractivity contribution is 6.04. The van der Waals surface area contributed by atoms with Crippen LogP contribution in [0, 0.1) is 13.8 Å². The zero-order valence-corrected chi connectivity index (χ0v) is 15.0. The standard InChI is InChI=1S/C20H22N4O2/c1-13-14(2)21-17-7-6-15(12-16(13)17)22-20(25)18-4-3-5-19(23-18)24-8-10-26-11-9-24/h3-7,12,21H,8-11H2,1-2H3,(H,22,25). The number of ether oxygens (including phenoxy) is 1. The smallest absolute Gasteiger partial charge is 0.274 e. The van der Waals surface area contributed by atoms with E-state index in [9.17, 15) is 4.79 Å². The second kappa shape index (κ2) is 6.80. The molecule has 0 radical (unpaired) electrons. The molecular weight excluding hydrogens is 328 g/mol. The van der Waals surface area contributed by atoms with Crippen LogP contribution in [0.4, 0.5) is 11.5 Å². The molecule has 0 bridgehead atoms. The number of pyridine rings is 1. The molecule has 1 aliphatic heterocycles. The molecule has 4 rings (SSSR count). The van der Waals surface area contributed by atoms with E-state index in [1.807, 2.05) is 30.3 Å². The van der Waals surface area contributed by atoms with E-state index >= 15 is 0 Å². The first kappa shape index (κ1) is 16.6. The van der Waals surface area contributed by atoms with Gasteiger partial charge in [0.05, 0.1) is 13.2 Å². The van der Waals surface area contributed by atoms with Gasteiger partial charge in [-0.25, -0.2) is 4.98 Å². The molecular formula is C20H22N4O2. The number of aromatic amines is 1. The summed E-state index contributed by atoms with van der Waals surface area (Å²) >= 11 is 0. The molecule has 0 saturated carbocycles. The fourth-order valence-corrected chi connectivity index (χ4v) is 3.25. The van der Waals surface area contributed by atoms with Crippen molar-refractivity contribution in [3.8, 4) is 0 Å². The van der Waals surface area contributed by atoms with Crippen molar-refractivity contribution in [2.24, 2.45) is 0 Å². The predicted molar refractivity (Wildman–Crippen MR) is 103 cm³/mol. The molecule has 0 unspecified atom stereocenters. The minimum Gasteiger partial charge on any atom is -0.378 e. The number of carbonyl (C=O) groups excluding carboxylic acids is 1. The molecule has 6 heteroatoms. The number of morpholine rings is 1. The van der Waals surface area contributed by atoms with Crippen LogP contribution in [0.25, 0.3) is 10.9 Å². The Labute approximate surface area is 152 Å². The van der Waals surface area contributed by atoms with Crippen LogP contribution in [0.1, 0.15) is 21.7 Å². The molecule has 26 heavy (non-hydrogen) atoms. The average molecular weight is 350 g/mol. The molecule has 0 spiro atoms. The maximum Gasteiger partial charge on any atom is 0.274 e. The number of hydrogen-bond acceptors (Lipinski definition) is 4. The summed E-state index contributed by atoms with van der Waals surface area (Å²) in [6, 6.07) is 11.4. The number of hydrogen-bond donors (Lipinski definition) is 2. The van der Waals surface area contributed by atoms with Gasteiger partial charge in [0.25, 0.3) is 5.91 Å². The highest BCUT2D eigenvalue weighted by Gasteiger charge is 2.15. The number of nitrogens with one attached hydrogen (secondary N) is 2. The van der Waals surface area contributed by atoms with Crippen LogP contribution in [0.2, 0.25) is 0 Å². The molecule has 2 N–H and O–H groups in total. The van der Waals surface area contributed by atoms with Gasteiger partial charge in [0.15, 0.2) is 0 Å². The first-order valence-corrected chi connectivity index (χ1v) is 8.82. The summed E-state index contributed by atoms with van der Waals surface area (Å²) in [7, 11) is 0. The molecule has 2 aromatic heterocycles. The number of H-pyrrole nitrogens is 1. The third-order valence-corrected chi connectivity index (χ3v) is 4.87. The van der Waals surface area contributed by atoms with E-state index in [-0.39, 0.29) is 5.91 Å². The Balaban J connectivity index is 1.55. The second-order valence-electron chi connectivity index (χ2n) is 6.57. The molecule has 0 atom stereocenters. The number of fused-ring (bicyclic) bond motifs is 1. The fraction of sp³-hybridized carbons (Fsp3) is 0.300. The third-order valence-electron chi connectivity index (χ3n) is 4.87. The van der Waals surface area contributed by atoms with Crippen molar-refractivity contribution < 1.29 is 9.53 Å². The van der Waals surface area contributed by atoms with Crippen molar-refractivity contribution in [2.75, 3.05) is 36.5 Å². The van der Waals surface area contributed by atoms with Crippen LogP contribution in [-0.2, 0) is 4.74 Å². The molecule has 1 saturated heterocycles. The number of amides is 1. The number of nitrogens with zero attached hydrogens (tertiary/aromatic N) is 2. The highest BCUT2D eigenvalue weighted by Crippen LogP contribution is 2.25. The van der Waals surface area contributed by atoms with E-state index in [1.54, 1.807) is 6.07 Å². The number of anilines is 2. The summed E-state index contributed by atoms with van der Waals surface area (Å²) in [5.74, 6) is 0.609. The van der Waals surface area contributed by atoms with Crippen molar-refractivity contribution in [1.29, 1.82) is 0 Å². The van der Waals surface area contributed by atoms with Crippen molar-refractivity contribution in [3.63, 3.8) is 0 Å². The number of aryl methyl sites for hydroxylation is 2. The molecule has 1 aliphatic rings. The summed E-state index contributed by atoms with van der Waals surface area (Å²) in [5.41, 5.74) is 4.59. The highest BCUT2D eigenvalue weighted by atomic mass is 16.5. The third kappa shape index (κ3) is 3.15. The fourth-order valence-electron chi connectivity index (χ4n) is 3.25. The Hall–Kier alpha value is -2.86. The van der Waals surface area contributed by atoms with Gasteiger partial charge >= 0.3 is 0 Å². The summed E-state index contributed by atoms with van der Waals surface area (Å²) in [6.07, 6.45) is 0. The van der Waals surface area contributed by atoms with Crippen LogP contribution >= 0.6 is 0 Å². The van der Waals surface area contributed by atoms with Gasteiger partial charge in [0, 0.05) is 35.4 Å². The van der Waals surface area contributed by atoms with Gasteiger partial charge in [-0.1, -0.05) is 6.07 Å². The average Bonchev–Trinajstić information content (AvgIpc) is 2.96. The molecule has 1 amide bonds. The minimum absolute atomic E-state index is 0.204. The van der Waals surface area contributed by atoms with Crippen molar-refractivity contribution in [3.05, 3.63) is 53.3 Å². The minimum atomic E-state index is -0.204. The molecule has 1 aromatic carbocycles. The van der Waals surface area contributed by atoms with Crippen molar-refractivity contribution in [1.82, 2.24) is 9.97 Å². The Kier molecular flexibility index (Phi) is 4.34. The van der Waals surface area contributed by atoms with Crippen LogP contribution < -0.4 is 10.2 Å². The van der Waals surface area contributed by atoms with Crippen molar-refractivity contribution in [2.45, 2.75) is 13.8 Å². The molecule has 0 aliphatic carbocycles. The monoisotopic (exact) mass is 350 g/mol. The van der Waals surface area contributed by atoms with E-state index in [0.717, 1.165) is 41.2 Å². The Bertz CT molecular complexity index is 958. The Morgan fingerprint density at radius 2 is 2.00 bits per heavy atom. The maximum absolute atomic E-state index is 12.7. The lowest BCUT2D eigenvalue weighted by molar-refractivity contribution is 0.102. The van der Waals surface area contributed by atoms with E-state index < -0.39 is 0 Å². The summed E-state index contributed by atoms with van der Waals surface area (Å²) in [5, 5.41) is 4.08. The van der Waals surface area contributed by atoms with Gasteiger partial charge in [-0.2, -0.15) is 0 Å². The van der Waals surface area contributed by atoms with Crippen LogP contribution in [0.5, 0.6) is 0 Å². The van der Waals surface area contributed by atoms with Crippen molar-refractivity contribution >= 4 is 28.3 Å². The molecule has 3 heterocycles. The first-order chi connectivity index (χ1) is 12.6. The lowest BCUT2D eigenvalue weighted by Crippen LogP contribution is -2.37. The summed E-state index contributed by atoms with van der Waals surface area (Å²) in [6.45, 7) is 7.09. The lowest BCUT2D eigenvalue weighted by Gasteiger charge is -2.27. The zero-order valence-electron chi connectivity index (χ0n) is 15.0. The van der Waals surface area contributed by atoms with Crippen LogP contribution in [0.15, 0.2) is 36.4 Å². The molecule has 134 valence electrons. The van der Waals surface area contributed by atoms with E-state index in [1.165, 1.54) is 5.56 Å². The SMILES string of the molecule is Cc1[nH]c2ccc(NC(=O)c3cccc(N4CCOCC4)n3)cc2c1C. The van der Waals surface area contributed by atoms with Gasteiger partial charge in [0.1, 0.15) is 11.5 Å². The van der Waals surface area contributed by atoms with E-state index in [4.69, 9.17) is 4.74 Å². The molecule has 3 aromatic rings. The predicted octanol–water partition coefficient (Wildman–Crippen LogP) is 3.27. The van der Waals surface area contributed by atoms with E-state index in [2.05, 4.69) is 34.0 Å². The number of benzene rings is 1. The lowest BCUT2D eigenvalue weighted by atomic mass is 10.1. The normalized spacial score (nSPS) is 14.6. The van der Waals surface area contributed by atoms with Gasteiger partial charge in [-0.3, -0.25) is 4.79 Å². The second-order valence-corrected chi connectivity index (χ2v) is 6.57. The molecule has 1 fully saturated rings. The van der Waals surface area contributed by atoms with Gasteiger partial charge in [-0.05, 0) is 49.7 Å². The summed E-state index contributed by atoms with van der Waals surface area (Å²) < 4.78 is 5.37. The van der Waals surface area contributed by atoms with Crippen LogP contribution in [-0.4, -0.2) is 42.2 Å². The molecule has 6 nitrogen and oxygen atoms in total. The topological polar surface area (TPSA) is 70.2 Å². The Morgan fingerprint density at radius 3 is 2.81 bits per heavy atom. The number of rotatable bonds is 3. The van der Waals surface area contributed by atoms with E-state index in [0.29, 0.717) is 18.9 Å². The van der Waals surface area contributed by atoms with Gasteiger partial charge in [-0.15, -0.1) is 0 Å². The number of aromatic nitrogens is 2. The van der Waals surface area contributed by atoms with Gasteiger partial charge < -0.3 is 19.9 Å². The zero-order chi connectivity index (χ0) is 18.1. The quantitative estimate of drug-likeness (QED) is 0.761. The largest absolute Gasteiger partial charge is 0.378 e. The Morgan fingerprint density at radius 1 is 1.19 bits per heavy atom. The number of carbonyl (C=O) groups is 1. The maximum atomic E-state index is 12.7. The van der Waals surface area contributed by atoms with Crippen LogP contribution in [0.3, 0.4) is 0 Å². The van der Waals surface area contributed by atoms with Gasteiger partial charge in [0.2, 0.25) is 0 Å². The summed E-state index contributed by atoms with van der Waals surface area (Å²) in [4.78, 5) is 22.7. The first-order valence-electron chi connectivity index (χ1n) is 8.82.